The van der Waals surface area contributed by atoms with Crippen LogP contribution in [0.5, 0.6) is 5.75 Å². The average Bonchev–Trinajstić information content (AvgIpc) is 2.36. The second kappa shape index (κ2) is 6.41. The fourth-order valence-electron chi connectivity index (χ4n) is 1.73. The van der Waals surface area contributed by atoms with Gasteiger partial charge >= 0.3 is 6.09 Å². The highest BCUT2D eigenvalue weighted by molar-refractivity contribution is 5.84. The highest BCUT2D eigenvalue weighted by Gasteiger charge is 2.26. The number of ketones is 1. The summed E-state index contributed by atoms with van der Waals surface area (Å²) in [5.74, 6) is 0.692. The Morgan fingerprint density at radius 1 is 1.25 bits per heavy atom. The summed E-state index contributed by atoms with van der Waals surface area (Å²) in [6.45, 7) is 5.46. The van der Waals surface area contributed by atoms with Gasteiger partial charge in [-0.05, 0) is 17.7 Å². The van der Waals surface area contributed by atoms with E-state index >= 15 is 0 Å². The lowest BCUT2D eigenvalue weighted by Gasteiger charge is -2.22. The van der Waals surface area contributed by atoms with Crippen LogP contribution < -0.4 is 10.1 Å². The van der Waals surface area contributed by atoms with Crippen LogP contribution in [0, 0.1) is 5.41 Å². The van der Waals surface area contributed by atoms with E-state index in [2.05, 4.69) is 5.32 Å². The van der Waals surface area contributed by atoms with Gasteiger partial charge in [-0.1, -0.05) is 32.9 Å². The monoisotopic (exact) mass is 279 g/mol. The Bertz CT molecular complexity index is 474. The minimum absolute atomic E-state index is 0.00654. The zero-order valence-corrected chi connectivity index (χ0v) is 12.3. The molecule has 0 bridgehead atoms. The van der Waals surface area contributed by atoms with Crippen LogP contribution in [0.4, 0.5) is 4.79 Å². The molecule has 1 aromatic carbocycles. The number of hydrogen-bond acceptors (Lipinski definition) is 3. The van der Waals surface area contributed by atoms with Gasteiger partial charge in [0.15, 0.2) is 0 Å². The van der Waals surface area contributed by atoms with Gasteiger partial charge in [0, 0.05) is 11.8 Å². The van der Waals surface area contributed by atoms with E-state index in [1.54, 1.807) is 31.4 Å². The van der Waals surface area contributed by atoms with E-state index in [1.807, 2.05) is 20.8 Å². The number of carbonyl (C=O) groups is 2. The zero-order chi connectivity index (χ0) is 15.3. The van der Waals surface area contributed by atoms with Gasteiger partial charge < -0.3 is 15.2 Å². The predicted octanol–water partition coefficient (Wildman–Crippen LogP) is 3.01. The number of carboxylic acid groups (broad SMARTS) is 1. The van der Waals surface area contributed by atoms with Gasteiger partial charge in [-0.3, -0.25) is 4.79 Å². The third-order valence-corrected chi connectivity index (χ3v) is 3.04. The van der Waals surface area contributed by atoms with Crippen molar-refractivity contribution in [2.75, 3.05) is 7.11 Å². The predicted molar refractivity (Wildman–Crippen MR) is 76.0 cm³/mol. The summed E-state index contributed by atoms with van der Waals surface area (Å²) in [6.07, 6.45) is -1.02. The van der Waals surface area contributed by atoms with Crippen LogP contribution in [0.2, 0.25) is 0 Å². The molecular weight excluding hydrogens is 258 g/mol. The van der Waals surface area contributed by atoms with Crippen LogP contribution in [-0.2, 0) is 4.79 Å². The number of nitrogens with one attached hydrogen (secondary N) is 1. The van der Waals surface area contributed by atoms with Gasteiger partial charge in [0.1, 0.15) is 11.5 Å². The molecule has 0 saturated carbocycles. The largest absolute Gasteiger partial charge is 0.497 e. The van der Waals surface area contributed by atoms with Gasteiger partial charge in [-0.2, -0.15) is 0 Å². The molecule has 1 amide bonds. The maximum absolute atomic E-state index is 12.1. The molecule has 2 N–H and O–H groups in total. The smallest absolute Gasteiger partial charge is 0.405 e. The van der Waals surface area contributed by atoms with Gasteiger partial charge in [0.25, 0.3) is 0 Å². The molecule has 0 radical (unpaired) electrons. The maximum Gasteiger partial charge on any atom is 0.405 e. The molecule has 0 heterocycles. The standard InChI is InChI=1S/C15H21NO4/c1-15(2,3)13(17)9-12(16-14(18)19)10-5-7-11(20-4)8-6-10/h5-8,12,16H,9H2,1-4H3,(H,18,19). The molecule has 0 aliphatic rings. The number of methoxy groups -OCH3 is 1. The Kier molecular flexibility index (Phi) is 5.13. The van der Waals surface area contributed by atoms with E-state index in [0.717, 1.165) is 5.56 Å². The number of amides is 1. The molecule has 0 spiro atoms. The summed E-state index contributed by atoms with van der Waals surface area (Å²) in [4.78, 5) is 23.0. The molecule has 110 valence electrons. The van der Waals surface area contributed by atoms with E-state index in [4.69, 9.17) is 9.84 Å². The minimum Gasteiger partial charge on any atom is -0.497 e. The lowest BCUT2D eigenvalue weighted by molar-refractivity contribution is -0.126. The third kappa shape index (κ3) is 4.57. The first kappa shape index (κ1) is 16.0. The van der Waals surface area contributed by atoms with Crippen molar-refractivity contribution in [3.63, 3.8) is 0 Å². The second-order valence-corrected chi connectivity index (χ2v) is 5.65. The highest BCUT2D eigenvalue weighted by Crippen LogP contribution is 2.25. The lowest BCUT2D eigenvalue weighted by atomic mass is 9.85. The molecule has 1 unspecified atom stereocenters. The fraction of sp³-hybridized carbons (Fsp3) is 0.467. The SMILES string of the molecule is COc1ccc(C(CC(=O)C(C)(C)C)NC(=O)O)cc1. The van der Waals surface area contributed by atoms with Crippen molar-refractivity contribution in [3.8, 4) is 5.75 Å². The van der Waals surface area contributed by atoms with E-state index in [0.29, 0.717) is 5.75 Å². The molecule has 0 aliphatic heterocycles. The van der Waals surface area contributed by atoms with Gasteiger partial charge in [0.05, 0.1) is 13.2 Å². The normalized spacial score (nSPS) is 12.6. The maximum atomic E-state index is 12.1. The van der Waals surface area contributed by atoms with Crippen LogP contribution in [0.1, 0.15) is 38.8 Å². The molecule has 0 aliphatic carbocycles. The number of carbonyl (C=O) groups excluding carboxylic acids is 1. The van der Waals surface area contributed by atoms with Crippen molar-refractivity contribution in [1.82, 2.24) is 5.32 Å². The first-order valence-electron chi connectivity index (χ1n) is 6.40. The fourth-order valence-corrected chi connectivity index (χ4v) is 1.73. The Hall–Kier alpha value is -2.04. The van der Waals surface area contributed by atoms with Crippen molar-refractivity contribution < 1.29 is 19.4 Å². The molecule has 0 saturated heterocycles. The molecule has 0 fully saturated rings. The first-order chi connectivity index (χ1) is 9.24. The van der Waals surface area contributed by atoms with Crippen molar-refractivity contribution >= 4 is 11.9 Å². The minimum atomic E-state index is -1.15. The molecule has 20 heavy (non-hydrogen) atoms. The number of ether oxygens (including phenoxy) is 1. The Morgan fingerprint density at radius 2 is 1.80 bits per heavy atom. The molecule has 1 rings (SSSR count). The Labute approximate surface area is 118 Å². The topological polar surface area (TPSA) is 75.6 Å². The summed E-state index contributed by atoms with van der Waals surface area (Å²) in [6, 6.07) is 6.45. The van der Waals surface area contributed by atoms with Crippen LogP contribution in [0.3, 0.4) is 0 Å². The molecule has 0 aromatic heterocycles. The van der Waals surface area contributed by atoms with Crippen LogP contribution in [-0.4, -0.2) is 24.1 Å². The molecular formula is C15H21NO4. The summed E-state index contributed by atoms with van der Waals surface area (Å²) in [5, 5.41) is 11.3. The van der Waals surface area contributed by atoms with Crippen LogP contribution in [0.15, 0.2) is 24.3 Å². The van der Waals surface area contributed by atoms with Crippen molar-refractivity contribution in [2.45, 2.75) is 33.2 Å². The second-order valence-electron chi connectivity index (χ2n) is 5.65. The number of Topliss-reactive ketones (excluding diaryl/α,β-unsaturated/α-hetero) is 1. The van der Waals surface area contributed by atoms with Crippen molar-refractivity contribution in [2.24, 2.45) is 5.41 Å². The van der Waals surface area contributed by atoms with E-state index < -0.39 is 17.6 Å². The van der Waals surface area contributed by atoms with Crippen LogP contribution >= 0.6 is 0 Å². The van der Waals surface area contributed by atoms with Crippen molar-refractivity contribution in [1.29, 1.82) is 0 Å². The van der Waals surface area contributed by atoms with Gasteiger partial charge in [-0.15, -0.1) is 0 Å². The number of hydrogen-bond donors (Lipinski definition) is 2. The zero-order valence-electron chi connectivity index (χ0n) is 12.3. The summed E-state index contributed by atoms with van der Waals surface area (Å²) >= 11 is 0. The van der Waals surface area contributed by atoms with E-state index in [9.17, 15) is 9.59 Å². The summed E-state index contributed by atoms with van der Waals surface area (Å²) in [5.41, 5.74) is 0.246. The molecule has 5 nitrogen and oxygen atoms in total. The van der Waals surface area contributed by atoms with Gasteiger partial charge in [0.2, 0.25) is 0 Å². The molecule has 1 aromatic rings. The quantitative estimate of drug-likeness (QED) is 0.868. The van der Waals surface area contributed by atoms with E-state index in [1.165, 1.54) is 0 Å². The summed E-state index contributed by atoms with van der Waals surface area (Å²) in [7, 11) is 1.56. The first-order valence-corrected chi connectivity index (χ1v) is 6.40. The summed E-state index contributed by atoms with van der Waals surface area (Å²) < 4.78 is 5.06. The number of rotatable bonds is 5. The molecule has 1 atom stereocenters. The van der Waals surface area contributed by atoms with Gasteiger partial charge in [-0.25, -0.2) is 4.79 Å². The third-order valence-electron chi connectivity index (χ3n) is 3.04. The average molecular weight is 279 g/mol. The Balaban J connectivity index is 2.93. The highest BCUT2D eigenvalue weighted by atomic mass is 16.5. The van der Waals surface area contributed by atoms with Crippen molar-refractivity contribution in [3.05, 3.63) is 29.8 Å². The lowest BCUT2D eigenvalue weighted by Crippen LogP contribution is -2.32. The van der Waals surface area contributed by atoms with E-state index in [-0.39, 0.29) is 12.2 Å². The molecule has 5 heteroatoms. The van der Waals surface area contributed by atoms with Crippen LogP contribution in [0.25, 0.3) is 0 Å². The number of benzene rings is 1. The Morgan fingerprint density at radius 3 is 2.20 bits per heavy atom.